The van der Waals surface area contributed by atoms with Gasteiger partial charge in [-0.25, -0.2) is 0 Å². The fourth-order valence-corrected chi connectivity index (χ4v) is 1.44. The zero-order valence-corrected chi connectivity index (χ0v) is 10.8. The fraction of sp³-hybridized carbons (Fsp3) is 0.462. The molecule has 6 heteroatoms. The Morgan fingerprint density at radius 2 is 2.00 bits per heavy atom. The largest absolute Gasteiger partial charge is 0.416 e. The minimum absolute atomic E-state index is 0.0773. The average Bonchev–Trinajstić information content (AvgIpc) is 2.27. The highest BCUT2D eigenvalue weighted by atomic mass is 19.4. The normalized spacial score (nSPS) is 13.4. The summed E-state index contributed by atoms with van der Waals surface area (Å²) in [6, 6.07) is 4.20. The number of carbonyl (C=O) groups is 1. The summed E-state index contributed by atoms with van der Waals surface area (Å²) in [5.41, 5.74) is 5.06. The third-order valence-corrected chi connectivity index (χ3v) is 2.75. The van der Waals surface area contributed by atoms with Gasteiger partial charge in [-0.3, -0.25) is 4.79 Å². The van der Waals surface area contributed by atoms with Crippen molar-refractivity contribution >= 4 is 11.6 Å². The lowest BCUT2D eigenvalue weighted by molar-refractivity contribution is -0.137. The maximum absolute atomic E-state index is 12.5. The first-order valence-corrected chi connectivity index (χ1v) is 5.93. The number of benzene rings is 1. The molecule has 0 aliphatic carbocycles. The Hall–Kier alpha value is -1.56. The monoisotopic (exact) mass is 274 g/mol. The van der Waals surface area contributed by atoms with E-state index in [1.165, 1.54) is 12.1 Å². The van der Waals surface area contributed by atoms with Crippen LogP contribution in [0.3, 0.4) is 0 Å². The molecule has 0 saturated heterocycles. The van der Waals surface area contributed by atoms with Crippen molar-refractivity contribution in [3.63, 3.8) is 0 Å². The van der Waals surface area contributed by atoms with Crippen molar-refractivity contribution in [1.29, 1.82) is 0 Å². The van der Waals surface area contributed by atoms with Gasteiger partial charge in [0.1, 0.15) is 0 Å². The molecule has 1 amide bonds. The number of carbonyl (C=O) groups excluding carboxylic acids is 1. The summed E-state index contributed by atoms with van der Waals surface area (Å²) >= 11 is 0. The van der Waals surface area contributed by atoms with Crippen LogP contribution in [0.2, 0.25) is 0 Å². The van der Waals surface area contributed by atoms with Crippen LogP contribution in [0.1, 0.15) is 25.8 Å². The van der Waals surface area contributed by atoms with Crippen molar-refractivity contribution in [1.82, 2.24) is 0 Å². The molecular weight excluding hydrogens is 257 g/mol. The molecule has 1 rings (SSSR count). The number of halogens is 3. The quantitative estimate of drug-likeness (QED) is 0.886. The van der Waals surface area contributed by atoms with E-state index in [1.807, 2.05) is 13.8 Å². The minimum Gasteiger partial charge on any atom is -0.327 e. The number of anilines is 1. The maximum Gasteiger partial charge on any atom is 0.416 e. The highest BCUT2D eigenvalue weighted by molar-refractivity contribution is 5.91. The van der Waals surface area contributed by atoms with Gasteiger partial charge in [0, 0.05) is 18.2 Å². The number of amides is 1. The predicted molar refractivity (Wildman–Crippen MR) is 67.5 cm³/mol. The van der Waals surface area contributed by atoms with E-state index in [2.05, 4.69) is 5.32 Å². The summed E-state index contributed by atoms with van der Waals surface area (Å²) in [6.07, 6.45) is -4.34. The molecular formula is C13H17F3N2O. The van der Waals surface area contributed by atoms with Crippen LogP contribution in [0.4, 0.5) is 18.9 Å². The van der Waals surface area contributed by atoms with Crippen LogP contribution in [0.5, 0.6) is 0 Å². The fourth-order valence-electron chi connectivity index (χ4n) is 1.44. The summed E-state index contributed by atoms with van der Waals surface area (Å²) in [5, 5.41) is 2.42. The molecule has 0 bridgehead atoms. The van der Waals surface area contributed by atoms with Gasteiger partial charge in [-0.1, -0.05) is 19.9 Å². The van der Waals surface area contributed by atoms with E-state index in [-0.39, 0.29) is 30.0 Å². The highest BCUT2D eigenvalue weighted by Gasteiger charge is 2.30. The van der Waals surface area contributed by atoms with Gasteiger partial charge in [-0.15, -0.1) is 0 Å². The minimum atomic E-state index is -4.42. The maximum atomic E-state index is 12.5. The van der Waals surface area contributed by atoms with E-state index < -0.39 is 11.7 Å². The van der Waals surface area contributed by atoms with Crippen LogP contribution in [-0.4, -0.2) is 11.9 Å². The van der Waals surface area contributed by atoms with Crippen molar-refractivity contribution in [3.05, 3.63) is 29.8 Å². The number of nitrogens with one attached hydrogen (secondary N) is 1. The Kier molecular flexibility index (Phi) is 4.94. The zero-order chi connectivity index (χ0) is 14.6. The average molecular weight is 274 g/mol. The third-order valence-electron chi connectivity index (χ3n) is 2.75. The molecule has 1 atom stereocenters. The summed E-state index contributed by atoms with van der Waals surface area (Å²) in [5.74, 6) is -0.257. The van der Waals surface area contributed by atoms with E-state index in [0.29, 0.717) is 0 Å². The standard InChI is InChI=1S/C13H17F3N2O/c1-8(2)11(17)7-12(19)18-10-5-3-4-9(6-10)13(14,15)16/h3-6,8,11H,7,17H2,1-2H3,(H,18,19). The number of alkyl halides is 3. The SMILES string of the molecule is CC(C)C(N)CC(=O)Nc1cccc(C(F)(F)F)c1. The molecule has 106 valence electrons. The molecule has 0 spiro atoms. The highest BCUT2D eigenvalue weighted by Crippen LogP contribution is 2.30. The van der Waals surface area contributed by atoms with E-state index in [0.717, 1.165) is 12.1 Å². The molecule has 3 nitrogen and oxygen atoms in total. The summed E-state index contributed by atoms with van der Waals surface area (Å²) < 4.78 is 37.5. The molecule has 0 heterocycles. The van der Waals surface area contributed by atoms with Crippen molar-refractivity contribution in [2.45, 2.75) is 32.5 Å². The number of rotatable bonds is 4. The van der Waals surface area contributed by atoms with E-state index >= 15 is 0 Å². The lowest BCUT2D eigenvalue weighted by atomic mass is 10.0. The van der Waals surface area contributed by atoms with Gasteiger partial charge in [-0.2, -0.15) is 13.2 Å². The van der Waals surface area contributed by atoms with Gasteiger partial charge in [0.2, 0.25) is 5.91 Å². The van der Waals surface area contributed by atoms with E-state index in [1.54, 1.807) is 0 Å². The molecule has 0 aromatic heterocycles. The zero-order valence-electron chi connectivity index (χ0n) is 10.8. The van der Waals surface area contributed by atoms with Crippen LogP contribution >= 0.6 is 0 Å². The van der Waals surface area contributed by atoms with Gasteiger partial charge in [0.15, 0.2) is 0 Å². The first kappa shape index (κ1) is 15.5. The van der Waals surface area contributed by atoms with E-state index in [4.69, 9.17) is 5.73 Å². The lowest BCUT2D eigenvalue weighted by Crippen LogP contribution is -2.31. The van der Waals surface area contributed by atoms with Crippen LogP contribution in [0.15, 0.2) is 24.3 Å². The van der Waals surface area contributed by atoms with Crippen LogP contribution < -0.4 is 11.1 Å². The molecule has 3 N–H and O–H groups in total. The molecule has 1 aromatic carbocycles. The number of nitrogens with two attached hydrogens (primary N) is 1. The number of hydrogen-bond acceptors (Lipinski definition) is 2. The molecule has 0 saturated carbocycles. The van der Waals surface area contributed by atoms with Crippen LogP contribution in [0, 0.1) is 5.92 Å². The Morgan fingerprint density at radius 1 is 1.37 bits per heavy atom. The third kappa shape index (κ3) is 4.90. The first-order valence-electron chi connectivity index (χ1n) is 5.93. The van der Waals surface area contributed by atoms with Crippen LogP contribution in [0.25, 0.3) is 0 Å². The molecule has 0 aliphatic heterocycles. The Balaban J connectivity index is 2.70. The summed E-state index contributed by atoms with van der Waals surface area (Å²) in [7, 11) is 0. The smallest absolute Gasteiger partial charge is 0.327 e. The van der Waals surface area contributed by atoms with Gasteiger partial charge in [0.25, 0.3) is 0 Å². The molecule has 19 heavy (non-hydrogen) atoms. The number of hydrogen-bond donors (Lipinski definition) is 2. The molecule has 0 aliphatic rings. The van der Waals surface area contributed by atoms with Crippen molar-refractivity contribution in [3.8, 4) is 0 Å². The van der Waals surface area contributed by atoms with Gasteiger partial charge in [0.05, 0.1) is 5.56 Å². The second-order valence-corrected chi connectivity index (χ2v) is 4.74. The topological polar surface area (TPSA) is 55.1 Å². The van der Waals surface area contributed by atoms with Gasteiger partial charge >= 0.3 is 6.18 Å². The van der Waals surface area contributed by atoms with Gasteiger partial charge < -0.3 is 11.1 Å². The second kappa shape index (κ2) is 6.06. The van der Waals surface area contributed by atoms with Crippen molar-refractivity contribution in [2.75, 3.05) is 5.32 Å². The molecule has 1 aromatic rings. The Labute approximate surface area is 110 Å². The molecule has 0 fully saturated rings. The summed E-state index contributed by atoms with van der Waals surface area (Å²) in [4.78, 5) is 11.6. The van der Waals surface area contributed by atoms with Crippen LogP contribution in [-0.2, 0) is 11.0 Å². The van der Waals surface area contributed by atoms with E-state index in [9.17, 15) is 18.0 Å². The lowest BCUT2D eigenvalue weighted by Gasteiger charge is -2.15. The molecule has 1 unspecified atom stereocenters. The summed E-state index contributed by atoms with van der Waals surface area (Å²) in [6.45, 7) is 3.75. The second-order valence-electron chi connectivity index (χ2n) is 4.74. The van der Waals surface area contributed by atoms with Gasteiger partial charge in [-0.05, 0) is 24.1 Å². The predicted octanol–water partition coefficient (Wildman–Crippen LogP) is 3.02. The van der Waals surface area contributed by atoms with Crippen molar-refractivity contribution < 1.29 is 18.0 Å². The van der Waals surface area contributed by atoms with Crippen molar-refractivity contribution in [2.24, 2.45) is 11.7 Å². The Bertz CT molecular complexity index is 444. The first-order chi connectivity index (χ1) is 8.70. The Morgan fingerprint density at radius 3 is 2.53 bits per heavy atom. The molecule has 0 radical (unpaired) electrons.